The third-order valence-electron chi connectivity index (χ3n) is 4.69. The zero-order valence-electron chi connectivity index (χ0n) is 16.2. The van der Waals surface area contributed by atoms with Crippen molar-refractivity contribution in [1.29, 1.82) is 0 Å². The van der Waals surface area contributed by atoms with E-state index in [0.29, 0.717) is 18.1 Å². The van der Waals surface area contributed by atoms with Crippen LogP contribution in [0.15, 0.2) is 55.0 Å². The summed E-state index contributed by atoms with van der Waals surface area (Å²) in [5.41, 5.74) is 3.53. The standard InChI is InChI=1S/C22H26N4O/c1-4-6-12-26(5-2)22(27)20-13-18(16-25(20)3)19-14-23-21(24-15-19)17-10-8-7-9-11-17/h7-11,13-16H,4-6,12H2,1-3H3. The summed E-state index contributed by atoms with van der Waals surface area (Å²) in [7, 11) is 1.91. The Morgan fingerprint density at radius 2 is 1.74 bits per heavy atom. The van der Waals surface area contributed by atoms with Crippen LogP contribution in [-0.4, -0.2) is 38.4 Å². The minimum absolute atomic E-state index is 0.0709. The van der Waals surface area contributed by atoms with Gasteiger partial charge in [-0.05, 0) is 19.4 Å². The average molecular weight is 362 g/mol. The summed E-state index contributed by atoms with van der Waals surface area (Å²) in [4.78, 5) is 23.7. The van der Waals surface area contributed by atoms with E-state index in [4.69, 9.17) is 0 Å². The minimum Gasteiger partial charge on any atom is -0.346 e. The summed E-state index contributed by atoms with van der Waals surface area (Å²) < 4.78 is 1.89. The molecule has 0 aliphatic carbocycles. The lowest BCUT2D eigenvalue weighted by Crippen LogP contribution is -2.32. The van der Waals surface area contributed by atoms with Crippen molar-refractivity contribution in [3.8, 4) is 22.5 Å². The van der Waals surface area contributed by atoms with E-state index < -0.39 is 0 Å². The van der Waals surface area contributed by atoms with Crippen LogP contribution in [0, 0.1) is 0 Å². The first-order valence-corrected chi connectivity index (χ1v) is 9.47. The van der Waals surface area contributed by atoms with E-state index in [-0.39, 0.29) is 5.91 Å². The maximum absolute atomic E-state index is 12.9. The molecule has 0 saturated carbocycles. The SMILES string of the molecule is CCCCN(CC)C(=O)c1cc(-c2cnc(-c3ccccc3)nc2)cn1C. The molecule has 5 heteroatoms. The maximum atomic E-state index is 12.9. The van der Waals surface area contributed by atoms with E-state index in [1.165, 1.54) is 0 Å². The van der Waals surface area contributed by atoms with Gasteiger partial charge in [0.2, 0.25) is 0 Å². The lowest BCUT2D eigenvalue weighted by molar-refractivity contribution is 0.0753. The Bertz CT molecular complexity index is 884. The van der Waals surface area contributed by atoms with Gasteiger partial charge in [-0.3, -0.25) is 4.79 Å². The predicted molar refractivity (Wildman–Crippen MR) is 108 cm³/mol. The monoisotopic (exact) mass is 362 g/mol. The first-order valence-electron chi connectivity index (χ1n) is 9.47. The molecule has 27 heavy (non-hydrogen) atoms. The molecule has 0 aliphatic rings. The van der Waals surface area contributed by atoms with Gasteiger partial charge >= 0.3 is 0 Å². The summed E-state index contributed by atoms with van der Waals surface area (Å²) in [6.07, 6.45) is 7.68. The van der Waals surface area contributed by atoms with Crippen LogP contribution in [0.25, 0.3) is 22.5 Å². The molecule has 2 aromatic heterocycles. The second-order valence-corrected chi connectivity index (χ2v) is 6.62. The number of benzene rings is 1. The van der Waals surface area contributed by atoms with E-state index >= 15 is 0 Å². The third-order valence-corrected chi connectivity index (χ3v) is 4.69. The van der Waals surface area contributed by atoms with E-state index in [0.717, 1.165) is 36.1 Å². The van der Waals surface area contributed by atoms with Crippen molar-refractivity contribution < 1.29 is 4.79 Å². The van der Waals surface area contributed by atoms with E-state index in [9.17, 15) is 4.79 Å². The first-order chi connectivity index (χ1) is 13.1. The van der Waals surface area contributed by atoms with Gasteiger partial charge in [-0.15, -0.1) is 0 Å². The number of nitrogens with zero attached hydrogens (tertiary/aromatic N) is 4. The number of unbranched alkanes of at least 4 members (excludes halogenated alkanes) is 1. The molecule has 0 fully saturated rings. The van der Waals surface area contributed by atoms with Crippen molar-refractivity contribution in [3.63, 3.8) is 0 Å². The highest BCUT2D eigenvalue weighted by Crippen LogP contribution is 2.23. The number of rotatable bonds is 7. The van der Waals surface area contributed by atoms with Gasteiger partial charge in [0.05, 0.1) is 0 Å². The fourth-order valence-electron chi connectivity index (χ4n) is 3.06. The smallest absolute Gasteiger partial charge is 0.270 e. The van der Waals surface area contributed by atoms with Crippen LogP contribution in [0.3, 0.4) is 0 Å². The minimum atomic E-state index is 0.0709. The normalized spacial score (nSPS) is 10.8. The number of aryl methyl sites for hydroxylation is 1. The Labute approximate surface area is 160 Å². The molecule has 2 heterocycles. The van der Waals surface area contributed by atoms with Crippen LogP contribution in [-0.2, 0) is 7.05 Å². The Morgan fingerprint density at radius 1 is 1.04 bits per heavy atom. The fourth-order valence-corrected chi connectivity index (χ4v) is 3.06. The van der Waals surface area contributed by atoms with Crippen molar-refractivity contribution in [2.45, 2.75) is 26.7 Å². The van der Waals surface area contributed by atoms with Crippen LogP contribution in [0.5, 0.6) is 0 Å². The van der Waals surface area contributed by atoms with E-state index in [1.807, 2.05) is 78.4 Å². The number of hydrogen-bond donors (Lipinski definition) is 0. The second-order valence-electron chi connectivity index (χ2n) is 6.62. The summed E-state index contributed by atoms with van der Waals surface area (Å²) in [5, 5.41) is 0. The van der Waals surface area contributed by atoms with Crippen LogP contribution in [0.1, 0.15) is 37.2 Å². The van der Waals surface area contributed by atoms with Crippen molar-refractivity contribution >= 4 is 5.91 Å². The molecule has 0 saturated heterocycles. The molecule has 140 valence electrons. The zero-order chi connectivity index (χ0) is 19.2. The molecule has 5 nitrogen and oxygen atoms in total. The summed E-state index contributed by atoms with van der Waals surface area (Å²) >= 11 is 0. The molecule has 1 aromatic carbocycles. The third kappa shape index (κ3) is 4.25. The largest absolute Gasteiger partial charge is 0.346 e. The summed E-state index contributed by atoms with van der Waals surface area (Å²) in [6, 6.07) is 11.8. The van der Waals surface area contributed by atoms with Gasteiger partial charge in [0.1, 0.15) is 5.69 Å². The van der Waals surface area contributed by atoms with Gasteiger partial charge < -0.3 is 9.47 Å². The lowest BCUT2D eigenvalue weighted by atomic mass is 10.1. The Kier molecular flexibility index (Phi) is 6.01. The Balaban J connectivity index is 1.82. The highest BCUT2D eigenvalue weighted by Gasteiger charge is 2.18. The Morgan fingerprint density at radius 3 is 2.37 bits per heavy atom. The van der Waals surface area contributed by atoms with Gasteiger partial charge in [0, 0.05) is 55.4 Å². The van der Waals surface area contributed by atoms with E-state index in [1.54, 1.807) is 0 Å². The van der Waals surface area contributed by atoms with Gasteiger partial charge in [0.15, 0.2) is 5.82 Å². The highest BCUT2D eigenvalue weighted by atomic mass is 16.2. The zero-order valence-corrected chi connectivity index (χ0v) is 16.2. The lowest BCUT2D eigenvalue weighted by Gasteiger charge is -2.20. The van der Waals surface area contributed by atoms with Crippen LogP contribution >= 0.6 is 0 Å². The van der Waals surface area contributed by atoms with Crippen LogP contribution < -0.4 is 0 Å². The van der Waals surface area contributed by atoms with Crippen molar-refractivity contribution in [2.75, 3.05) is 13.1 Å². The topological polar surface area (TPSA) is 51.0 Å². The molecule has 3 aromatic rings. The molecule has 1 amide bonds. The summed E-state index contributed by atoms with van der Waals surface area (Å²) in [5.74, 6) is 0.768. The molecule has 0 N–H and O–H groups in total. The Hall–Kier alpha value is -2.95. The first kappa shape index (κ1) is 18.8. The van der Waals surface area contributed by atoms with Gasteiger partial charge in [-0.1, -0.05) is 43.7 Å². The molecule has 0 unspecified atom stereocenters. The number of amides is 1. The van der Waals surface area contributed by atoms with Crippen LogP contribution in [0.2, 0.25) is 0 Å². The average Bonchev–Trinajstić information content (AvgIpc) is 3.11. The molecule has 0 bridgehead atoms. The molecule has 0 atom stereocenters. The molecule has 0 aliphatic heterocycles. The van der Waals surface area contributed by atoms with Gasteiger partial charge in [0.25, 0.3) is 5.91 Å². The summed E-state index contributed by atoms with van der Waals surface area (Å²) in [6.45, 7) is 5.67. The number of carbonyl (C=O) groups is 1. The van der Waals surface area contributed by atoms with E-state index in [2.05, 4.69) is 16.9 Å². The number of carbonyl (C=O) groups excluding carboxylic acids is 1. The van der Waals surface area contributed by atoms with Gasteiger partial charge in [-0.2, -0.15) is 0 Å². The molecule has 3 rings (SSSR count). The fraction of sp³-hybridized carbons (Fsp3) is 0.318. The van der Waals surface area contributed by atoms with Crippen molar-refractivity contribution in [1.82, 2.24) is 19.4 Å². The molecular weight excluding hydrogens is 336 g/mol. The highest BCUT2D eigenvalue weighted by molar-refractivity contribution is 5.94. The number of aromatic nitrogens is 3. The second kappa shape index (κ2) is 8.62. The predicted octanol–water partition coefficient (Wildman–Crippen LogP) is 4.41. The van der Waals surface area contributed by atoms with Crippen molar-refractivity contribution in [3.05, 3.63) is 60.7 Å². The number of hydrogen-bond acceptors (Lipinski definition) is 3. The maximum Gasteiger partial charge on any atom is 0.270 e. The van der Waals surface area contributed by atoms with Crippen LogP contribution in [0.4, 0.5) is 0 Å². The van der Waals surface area contributed by atoms with Gasteiger partial charge in [-0.25, -0.2) is 9.97 Å². The van der Waals surface area contributed by atoms with Crippen molar-refractivity contribution in [2.24, 2.45) is 7.05 Å². The molecule has 0 spiro atoms. The molecule has 0 radical (unpaired) electrons. The molecular formula is C22H26N4O. The quantitative estimate of drug-likeness (QED) is 0.625.